The van der Waals surface area contributed by atoms with E-state index in [0.29, 0.717) is 23.7 Å². The molecular weight excluding hydrogens is 290 g/mol. The maximum atomic E-state index is 12.1. The molecule has 2 aromatic carbocycles. The van der Waals surface area contributed by atoms with Gasteiger partial charge in [0.05, 0.1) is 11.4 Å². The molecule has 0 spiro atoms. The molecule has 6 heteroatoms. The van der Waals surface area contributed by atoms with Crippen molar-refractivity contribution in [1.82, 2.24) is 0 Å². The number of aldehydes is 2. The Kier molecular flexibility index (Phi) is 4.49. The summed E-state index contributed by atoms with van der Waals surface area (Å²) in [5.74, 6) is -0.193. The summed E-state index contributed by atoms with van der Waals surface area (Å²) in [7, 11) is -3.64. The van der Waals surface area contributed by atoms with Crippen LogP contribution in [0.25, 0.3) is 0 Å². The molecule has 0 unspecified atom stereocenters. The summed E-state index contributed by atoms with van der Waals surface area (Å²) in [6.07, 6.45) is 1.10. The van der Waals surface area contributed by atoms with Crippen molar-refractivity contribution in [3.05, 3.63) is 65.2 Å². The standard InChI is InChI=1S/C15H13NO4S/c17-9-13-6-7-15(14(8-13)10-18)16-21(19,20)11-12-4-2-1-3-5-12/h1-10,16H,11H2. The van der Waals surface area contributed by atoms with Crippen LogP contribution in [0, 0.1) is 0 Å². The van der Waals surface area contributed by atoms with Crippen molar-refractivity contribution in [2.24, 2.45) is 0 Å². The van der Waals surface area contributed by atoms with Crippen molar-refractivity contribution in [3.8, 4) is 0 Å². The number of sulfonamides is 1. The van der Waals surface area contributed by atoms with E-state index in [-0.39, 0.29) is 17.0 Å². The number of anilines is 1. The lowest BCUT2D eigenvalue weighted by Gasteiger charge is -2.10. The Hall–Kier alpha value is -2.47. The summed E-state index contributed by atoms with van der Waals surface area (Å²) in [5.41, 5.74) is 1.23. The predicted molar refractivity (Wildman–Crippen MR) is 79.9 cm³/mol. The molecule has 2 rings (SSSR count). The van der Waals surface area contributed by atoms with Crippen LogP contribution in [0.4, 0.5) is 5.69 Å². The van der Waals surface area contributed by atoms with Crippen molar-refractivity contribution >= 4 is 28.3 Å². The monoisotopic (exact) mass is 303 g/mol. The minimum atomic E-state index is -3.64. The van der Waals surface area contributed by atoms with Gasteiger partial charge in [-0.05, 0) is 23.8 Å². The van der Waals surface area contributed by atoms with Gasteiger partial charge in [0.25, 0.3) is 0 Å². The number of hydrogen-bond acceptors (Lipinski definition) is 4. The minimum Gasteiger partial charge on any atom is -0.298 e. The lowest BCUT2D eigenvalue weighted by molar-refractivity contribution is 0.112. The molecule has 0 aliphatic carbocycles. The first-order chi connectivity index (χ1) is 10.0. The largest absolute Gasteiger partial charge is 0.298 e. The molecule has 0 atom stereocenters. The molecule has 0 bridgehead atoms. The number of carbonyl (C=O) groups excluding carboxylic acids is 2. The molecule has 0 heterocycles. The average Bonchev–Trinajstić information content (AvgIpc) is 2.47. The van der Waals surface area contributed by atoms with E-state index in [2.05, 4.69) is 4.72 Å². The van der Waals surface area contributed by atoms with Crippen LogP contribution < -0.4 is 4.72 Å². The highest BCUT2D eigenvalue weighted by molar-refractivity contribution is 7.91. The van der Waals surface area contributed by atoms with Crippen LogP contribution in [0.15, 0.2) is 48.5 Å². The van der Waals surface area contributed by atoms with Crippen LogP contribution in [-0.4, -0.2) is 21.0 Å². The molecule has 0 aliphatic heterocycles. The van der Waals surface area contributed by atoms with Crippen molar-refractivity contribution in [2.45, 2.75) is 5.75 Å². The molecule has 0 fully saturated rings. The molecule has 0 aliphatic rings. The molecule has 0 saturated heterocycles. The first-order valence-electron chi connectivity index (χ1n) is 6.13. The van der Waals surface area contributed by atoms with Gasteiger partial charge < -0.3 is 0 Å². The molecular formula is C15H13NO4S. The van der Waals surface area contributed by atoms with Gasteiger partial charge in [-0.15, -0.1) is 0 Å². The summed E-state index contributed by atoms with van der Waals surface area (Å²) in [6.45, 7) is 0. The van der Waals surface area contributed by atoms with E-state index in [9.17, 15) is 18.0 Å². The van der Waals surface area contributed by atoms with Crippen molar-refractivity contribution in [1.29, 1.82) is 0 Å². The van der Waals surface area contributed by atoms with Gasteiger partial charge in [0.15, 0.2) is 6.29 Å². The van der Waals surface area contributed by atoms with Crippen LogP contribution in [0.5, 0.6) is 0 Å². The van der Waals surface area contributed by atoms with Crippen molar-refractivity contribution in [2.75, 3.05) is 4.72 Å². The Morgan fingerprint density at radius 3 is 2.29 bits per heavy atom. The Labute approximate surface area is 122 Å². The first kappa shape index (κ1) is 14.9. The highest BCUT2D eigenvalue weighted by Crippen LogP contribution is 2.18. The second-order valence-electron chi connectivity index (χ2n) is 4.43. The van der Waals surface area contributed by atoms with Gasteiger partial charge in [0.2, 0.25) is 10.0 Å². The van der Waals surface area contributed by atoms with Gasteiger partial charge in [-0.1, -0.05) is 30.3 Å². The Balaban J connectivity index is 2.24. The normalized spacial score (nSPS) is 10.9. The van der Waals surface area contributed by atoms with Gasteiger partial charge >= 0.3 is 0 Å². The van der Waals surface area contributed by atoms with Gasteiger partial charge in [-0.2, -0.15) is 0 Å². The summed E-state index contributed by atoms with van der Waals surface area (Å²) >= 11 is 0. The van der Waals surface area contributed by atoms with E-state index < -0.39 is 10.0 Å². The van der Waals surface area contributed by atoms with Gasteiger partial charge in [-0.25, -0.2) is 8.42 Å². The highest BCUT2D eigenvalue weighted by atomic mass is 32.2. The Morgan fingerprint density at radius 2 is 1.67 bits per heavy atom. The van der Waals surface area contributed by atoms with Crippen LogP contribution in [0.2, 0.25) is 0 Å². The molecule has 0 aromatic heterocycles. The van der Waals surface area contributed by atoms with Crippen molar-refractivity contribution < 1.29 is 18.0 Å². The second-order valence-corrected chi connectivity index (χ2v) is 6.15. The van der Waals surface area contributed by atoms with E-state index in [1.165, 1.54) is 18.2 Å². The Morgan fingerprint density at radius 1 is 0.952 bits per heavy atom. The molecule has 0 saturated carbocycles. The fraction of sp³-hybridized carbons (Fsp3) is 0.0667. The van der Waals surface area contributed by atoms with Gasteiger partial charge in [0.1, 0.15) is 6.29 Å². The van der Waals surface area contributed by atoms with Crippen molar-refractivity contribution in [3.63, 3.8) is 0 Å². The van der Waals surface area contributed by atoms with Gasteiger partial charge in [0, 0.05) is 11.1 Å². The maximum Gasteiger partial charge on any atom is 0.236 e. The average molecular weight is 303 g/mol. The predicted octanol–water partition coefficient (Wildman–Crippen LogP) is 2.25. The quantitative estimate of drug-likeness (QED) is 0.830. The molecule has 21 heavy (non-hydrogen) atoms. The van der Waals surface area contributed by atoms with E-state index in [4.69, 9.17) is 0 Å². The summed E-state index contributed by atoms with van der Waals surface area (Å²) in [4.78, 5) is 21.6. The van der Waals surface area contributed by atoms with Crippen LogP contribution in [-0.2, 0) is 15.8 Å². The molecule has 108 valence electrons. The fourth-order valence-corrected chi connectivity index (χ4v) is 3.07. The van der Waals surface area contributed by atoms with Crippen LogP contribution >= 0.6 is 0 Å². The third-order valence-electron chi connectivity index (χ3n) is 2.80. The van der Waals surface area contributed by atoms with E-state index in [0.717, 1.165) is 0 Å². The summed E-state index contributed by atoms with van der Waals surface area (Å²) in [6, 6.07) is 12.9. The first-order valence-corrected chi connectivity index (χ1v) is 7.78. The van der Waals surface area contributed by atoms with Crippen LogP contribution in [0.3, 0.4) is 0 Å². The maximum absolute atomic E-state index is 12.1. The highest BCUT2D eigenvalue weighted by Gasteiger charge is 2.14. The number of benzene rings is 2. The lowest BCUT2D eigenvalue weighted by Crippen LogP contribution is -2.16. The third kappa shape index (κ3) is 4.00. The Bertz CT molecular complexity index is 754. The molecule has 0 amide bonds. The number of carbonyl (C=O) groups is 2. The van der Waals surface area contributed by atoms with E-state index in [1.54, 1.807) is 30.3 Å². The zero-order valence-corrected chi connectivity index (χ0v) is 11.8. The third-order valence-corrected chi connectivity index (χ3v) is 4.05. The smallest absolute Gasteiger partial charge is 0.236 e. The number of rotatable bonds is 6. The zero-order valence-electron chi connectivity index (χ0n) is 11.0. The van der Waals surface area contributed by atoms with Gasteiger partial charge in [-0.3, -0.25) is 14.3 Å². The summed E-state index contributed by atoms with van der Waals surface area (Å²) < 4.78 is 26.6. The molecule has 1 N–H and O–H groups in total. The molecule has 0 radical (unpaired) electrons. The topological polar surface area (TPSA) is 80.3 Å². The second kappa shape index (κ2) is 6.32. The number of nitrogens with one attached hydrogen (secondary N) is 1. The summed E-state index contributed by atoms with van der Waals surface area (Å²) in [5, 5.41) is 0. The molecule has 2 aromatic rings. The minimum absolute atomic E-state index is 0.122. The fourth-order valence-electron chi connectivity index (χ4n) is 1.84. The SMILES string of the molecule is O=Cc1ccc(NS(=O)(=O)Cc2ccccc2)c(C=O)c1. The zero-order chi connectivity index (χ0) is 15.3. The van der Waals surface area contributed by atoms with E-state index in [1.807, 2.05) is 0 Å². The van der Waals surface area contributed by atoms with Crippen LogP contribution in [0.1, 0.15) is 26.3 Å². The number of hydrogen-bond donors (Lipinski definition) is 1. The van der Waals surface area contributed by atoms with E-state index >= 15 is 0 Å². The molecule has 5 nitrogen and oxygen atoms in total. The lowest BCUT2D eigenvalue weighted by atomic mass is 10.1.